The van der Waals surface area contributed by atoms with Gasteiger partial charge in [0.25, 0.3) is 0 Å². The Morgan fingerprint density at radius 1 is 1.10 bits per heavy atom. The summed E-state index contributed by atoms with van der Waals surface area (Å²) in [6.07, 6.45) is -0.815. The smallest absolute Gasteiger partial charge is 0.320 e. The van der Waals surface area contributed by atoms with Crippen molar-refractivity contribution in [1.82, 2.24) is 25.3 Å². The average Bonchev–Trinajstić information content (AvgIpc) is 3.18. The second-order valence-corrected chi connectivity index (χ2v) is 10.1. The highest BCUT2D eigenvalue weighted by Gasteiger charge is 2.42. The number of rotatable bonds is 10. The largest absolute Gasteiger partial charge is 0.389 e. The number of carbonyl (C=O) groups excluding carboxylic acids is 3. The molecule has 4 amide bonds. The van der Waals surface area contributed by atoms with Crippen molar-refractivity contribution in [2.45, 2.75) is 50.5 Å². The van der Waals surface area contributed by atoms with E-state index < -0.39 is 41.8 Å². The van der Waals surface area contributed by atoms with Crippen LogP contribution in [0.1, 0.15) is 24.5 Å². The van der Waals surface area contributed by atoms with Crippen molar-refractivity contribution in [3.8, 4) is 0 Å². The Balaban J connectivity index is 1.54. The summed E-state index contributed by atoms with van der Waals surface area (Å²) in [4.78, 5) is 43.8. The van der Waals surface area contributed by atoms with Crippen LogP contribution in [0.4, 0.5) is 13.6 Å². The van der Waals surface area contributed by atoms with Crippen LogP contribution in [0.2, 0.25) is 0 Å². The molecule has 0 unspecified atom stereocenters. The first-order valence-corrected chi connectivity index (χ1v) is 13.2. The van der Waals surface area contributed by atoms with E-state index in [1.807, 2.05) is 37.3 Å². The Morgan fingerprint density at radius 3 is 2.46 bits per heavy atom. The van der Waals surface area contributed by atoms with E-state index in [0.717, 1.165) is 30.2 Å². The Kier molecular flexibility index (Phi) is 9.13. The van der Waals surface area contributed by atoms with Gasteiger partial charge in [-0.05, 0) is 36.1 Å². The van der Waals surface area contributed by atoms with E-state index in [1.165, 1.54) is 11.9 Å². The Bertz CT molecular complexity index is 1160. The van der Waals surface area contributed by atoms with E-state index in [2.05, 4.69) is 10.6 Å². The van der Waals surface area contributed by atoms with Gasteiger partial charge in [-0.1, -0.05) is 37.3 Å². The van der Waals surface area contributed by atoms with Crippen molar-refractivity contribution in [3.05, 3.63) is 71.3 Å². The van der Waals surface area contributed by atoms with E-state index in [-0.39, 0.29) is 30.5 Å². The molecule has 2 fully saturated rings. The van der Waals surface area contributed by atoms with Gasteiger partial charge in [-0.15, -0.1) is 0 Å². The lowest BCUT2D eigenvalue weighted by Crippen LogP contribution is -2.64. The van der Waals surface area contributed by atoms with E-state index in [0.29, 0.717) is 26.2 Å². The first-order valence-electron chi connectivity index (χ1n) is 13.2. The summed E-state index contributed by atoms with van der Waals surface area (Å²) in [5.41, 5.74) is 1.15. The van der Waals surface area contributed by atoms with Crippen LogP contribution < -0.4 is 10.6 Å². The highest BCUT2D eigenvalue weighted by molar-refractivity contribution is 5.90. The van der Waals surface area contributed by atoms with E-state index in [1.54, 1.807) is 9.80 Å². The quantitative estimate of drug-likeness (QED) is 0.421. The van der Waals surface area contributed by atoms with Crippen molar-refractivity contribution in [2.75, 3.05) is 33.2 Å². The highest BCUT2D eigenvalue weighted by atomic mass is 19.1. The minimum Gasteiger partial charge on any atom is -0.389 e. The van der Waals surface area contributed by atoms with Crippen LogP contribution in [0.5, 0.6) is 0 Å². The topological polar surface area (TPSA) is 105 Å². The number of nitrogens with one attached hydrogen (secondary N) is 2. The summed E-state index contributed by atoms with van der Waals surface area (Å²) in [5, 5.41) is 17.2. The average molecular weight is 544 g/mol. The van der Waals surface area contributed by atoms with Crippen LogP contribution in [0, 0.1) is 11.6 Å². The number of piperazine rings is 1. The minimum absolute atomic E-state index is 0.130. The molecule has 9 nitrogen and oxygen atoms in total. The number of carbonyl (C=O) groups is 3. The summed E-state index contributed by atoms with van der Waals surface area (Å²) in [7, 11) is 1.53. The molecule has 2 aromatic rings. The number of urea groups is 1. The zero-order chi connectivity index (χ0) is 28.1. The number of aliphatic hydroxyl groups excluding tert-OH is 1. The minimum atomic E-state index is -1.42. The lowest BCUT2D eigenvalue weighted by Gasteiger charge is -2.38. The van der Waals surface area contributed by atoms with Gasteiger partial charge in [0.05, 0.1) is 18.7 Å². The highest BCUT2D eigenvalue weighted by Crippen LogP contribution is 2.19. The predicted octanol–water partition coefficient (Wildman–Crippen LogP) is 1.50. The molecule has 3 N–H and O–H groups in total. The molecule has 11 heteroatoms. The van der Waals surface area contributed by atoms with Crippen molar-refractivity contribution in [2.24, 2.45) is 0 Å². The third-order valence-corrected chi connectivity index (χ3v) is 7.23. The van der Waals surface area contributed by atoms with Gasteiger partial charge in [0, 0.05) is 39.3 Å². The molecular formula is C28H35F2N5O4. The van der Waals surface area contributed by atoms with Crippen LogP contribution in [0.15, 0.2) is 48.5 Å². The maximum absolute atomic E-state index is 14.0. The summed E-state index contributed by atoms with van der Waals surface area (Å²) in [6.45, 7) is 3.82. The summed E-state index contributed by atoms with van der Waals surface area (Å²) in [6, 6.07) is 9.24. The monoisotopic (exact) mass is 543 g/mol. The maximum atomic E-state index is 14.0. The normalized spacial score (nSPS) is 21.3. The molecule has 2 aromatic carbocycles. The van der Waals surface area contributed by atoms with Gasteiger partial charge in [0.15, 0.2) is 0 Å². The molecule has 39 heavy (non-hydrogen) atoms. The molecule has 2 saturated heterocycles. The first-order chi connectivity index (χ1) is 18.7. The first kappa shape index (κ1) is 28.4. The fraction of sp³-hybridized carbons (Fsp3) is 0.464. The summed E-state index contributed by atoms with van der Waals surface area (Å²) >= 11 is 0. The van der Waals surface area contributed by atoms with E-state index in [9.17, 15) is 28.3 Å². The maximum Gasteiger partial charge on any atom is 0.320 e. The second kappa shape index (κ2) is 12.5. The lowest BCUT2D eigenvalue weighted by molar-refractivity contribution is -0.141. The molecule has 0 saturated carbocycles. The number of likely N-dealkylation sites (N-methyl/N-ethyl adjacent to an activating group) is 1. The van der Waals surface area contributed by atoms with Crippen LogP contribution in [0.3, 0.4) is 0 Å². The van der Waals surface area contributed by atoms with Crippen LogP contribution in [-0.4, -0.2) is 95.1 Å². The molecule has 210 valence electrons. The van der Waals surface area contributed by atoms with Gasteiger partial charge in [0.1, 0.15) is 23.7 Å². The van der Waals surface area contributed by atoms with Crippen molar-refractivity contribution >= 4 is 17.8 Å². The van der Waals surface area contributed by atoms with Crippen LogP contribution in [0.25, 0.3) is 0 Å². The fourth-order valence-electron chi connectivity index (χ4n) is 5.21. The number of hydrogen-bond donors (Lipinski definition) is 3. The number of benzene rings is 2. The van der Waals surface area contributed by atoms with E-state index in [4.69, 9.17) is 0 Å². The summed E-state index contributed by atoms with van der Waals surface area (Å²) in [5.74, 6) is -2.44. The van der Waals surface area contributed by atoms with Crippen molar-refractivity contribution in [3.63, 3.8) is 0 Å². The zero-order valence-corrected chi connectivity index (χ0v) is 22.1. The lowest BCUT2D eigenvalue weighted by atomic mass is 9.93. The van der Waals surface area contributed by atoms with Gasteiger partial charge in [-0.25, -0.2) is 13.6 Å². The van der Waals surface area contributed by atoms with Gasteiger partial charge in [-0.2, -0.15) is 0 Å². The third kappa shape index (κ3) is 6.72. The molecule has 2 aliphatic heterocycles. The van der Waals surface area contributed by atoms with Gasteiger partial charge in [0.2, 0.25) is 11.8 Å². The zero-order valence-electron chi connectivity index (χ0n) is 22.1. The summed E-state index contributed by atoms with van der Waals surface area (Å²) < 4.78 is 27.9. The Labute approximate surface area is 226 Å². The fourth-order valence-corrected chi connectivity index (χ4v) is 5.21. The molecular weight excluding hydrogens is 508 g/mol. The Morgan fingerprint density at radius 2 is 1.79 bits per heavy atom. The number of halogens is 2. The molecule has 4 atom stereocenters. The van der Waals surface area contributed by atoms with Crippen LogP contribution in [-0.2, 0) is 22.6 Å². The number of aliphatic hydroxyl groups is 1. The SMILES string of the molecule is CCCN1C[C@@H](C(=O)N[C@@H](Cc2cc(F)cc(F)c2)[C@H](O)[C@@H]2NCCN(Cc3ccccc3)C2=O)N(C)C1=O. The van der Waals surface area contributed by atoms with Gasteiger partial charge >= 0.3 is 6.03 Å². The molecule has 0 aromatic heterocycles. The molecule has 2 aliphatic rings. The standard InChI is InChI=1S/C28H35F2N5O4/c1-3-10-35-17-23(33(2)28(35)39)26(37)32-22(14-19-12-20(29)15-21(30)13-19)25(36)24-27(38)34(11-9-31-24)16-18-7-5-4-6-8-18/h4-8,12-13,15,22-25,31,36H,3,9-11,14,16-17H2,1-2H3,(H,32,37)/t22-,23-,24-,25-/m0/s1. The molecule has 0 aliphatic carbocycles. The molecule has 4 rings (SSSR count). The molecule has 0 spiro atoms. The van der Waals surface area contributed by atoms with Crippen molar-refractivity contribution < 1.29 is 28.3 Å². The Hall–Kier alpha value is -3.57. The molecule has 0 bridgehead atoms. The molecule has 2 heterocycles. The number of amides is 4. The van der Waals surface area contributed by atoms with Gasteiger partial charge in [-0.3, -0.25) is 9.59 Å². The molecule has 0 radical (unpaired) electrons. The van der Waals surface area contributed by atoms with Gasteiger partial charge < -0.3 is 30.4 Å². The number of hydrogen-bond acceptors (Lipinski definition) is 5. The predicted molar refractivity (Wildman–Crippen MR) is 140 cm³/mol. The van der Waals surface area contributed by atoms with Crippen molar-refractivity contribution in [1.29, 1.82) is 0 Å². The number of nitrogens with zero attached hydrogens (tertiary/aromatic N) is 3. The van der Waals surface area contributed by atoms with E-state index >= 15 is 0 Å². The van der Waals surface area contributed by atoms with Crippen LogP contribution >= 0.6 is 0 Å². The second-order valence-electron chi connectivity index (χ2n) is 10.1. The third-order valence-electron chi connectivity index (χ3n) is 7.23.